The lowest BCUT2D eigenvalue weighted by Crippen LogP contribution is -2.39. The molecule has 2 N–H and O–H groups in total. The maximum Gasteiger partial charge on any atom is 0.0541 e. The fourth-order valence-corrected chi connectivity index (χ4v) is 2.45. The van der Waals surface area contributed by atoms with Crippen molar-refractivity contribution in [1.29, 1.82) is 0 Å². The Labute approximate surface area is 100 Å². The predicted octanol–water partition coefficient (Wildman–Crippen LogP) is 1.61. The summed E-state index contributed by atoms with van der Waals surface area (Å²) in [6, 6.07) is 0.642. The lowest BCUT2D eigenvalue weighted by Gasteiger charge is -2.27. The van der Waals surface area contributed by atoms with E-state index in [1.54, 1.807) is 0 Å². The quantitative estimate of drug-likeness (QED) is 0.695. The molecule has 0 heterocycles. The smallest absolute Gasteiger partial charge is 0.0541 e. The highest BCUT2D eigenvalue weighted by Gasteiger charge is 2.18. The van der Waals surface area contributed by atoms with Crippen LogP contribution in [0.1, 0.15) is 46.0 Å². The number of aliphatic hydroxyl groups is 1. The summed E-state index contributed by atoms with van der Waals surface area (Å²) in [5, 5.41) is 13.0. The summed E-state index contributed by atoms with van der Waals surface area (Å²) < 4.78 is 0. The number of rotatable bonds is 7. The van der Waals surface area contributed by atoms with Crippen LogP contribution in [0.5, 0.6) is 0 Å². The molecule has 0 unspecified atom stereocenters. The third kappa shape index (κ3) is 5.28. The molecule has 1 saturated carbocycles. The molecule has 96 valence electrons. The molecule has 0 saturated heterocycles. The van der Waals surface area contributed by atoms with Crippen LogP contribution >= 0.6 is 0 Å². The van der Waals surface area contributed by atoms with Crippen molar-refractivity contribution in [2.45, 2.75) is 58.1 Å². The molecule has 0 aromatic heterocycles. The van der Waals surface area contributed by atoms with Crippen LogP contribution in [0.3, 0.4) is 0 Å². The number of nitrogens with one attached hydrogen (secondary N) is 1. The van der Waals surface area contributed by atoms with Gasteiger partial charge in [-0.05, 0) is 45.2 Å². The number of aliphatic hydroxyl groups excluding tert-OH is 1. The molecular weight excluding hydrogens is 200 g/mol. The van der Waals surface area contributed by atoms with Gasteiger partial charge in [-0.2, -0.15) is 0 Å². The maximum atomic E-state index is 9.41. The number of hydrogen-bond acceptors (Lipinski definition) is 3. The van der Waals surface area contributed by atoms with Gasteiger partial charge in [0.2, 0.25) is 0 Å². The van der Waals surface area contributed by atoms with E-state index >= 15 is 0 Å². The van der Waals surface area contributed by atoms with Gasteiger partial charge in [0, 0.05) is 19.1 Å². The Kier molecular flexibility index (Phi) is 7.01. The molecule has 0 aliphatic heterocycles. The van der Waals surface area contributed by atoms with Crippen LogP contribution in [0, 0.1) is 0 Å². The Hall–Kier alpha value is -0.120. The zero-order chi connectivity index (χ0) is 11.8. The van der Waals surface area contributed by atoms with E-state index in [1.807, 2.05) is 0 Å². The average molecular weight is 228 g/mol. The van der Waals surface area contributed by atoms with E-state index in [4.69, 9.17) is 0 Å². The molecule has 3 nitrogen and oxygen atoms in total. The van der Waals surface area contributed by atoms with E-state index in [-0.39, 0.29) is 6.10 Å². The van der Waals surface area contributed by atoms with Gasteiger partial charge in [0.05, 0.1) is 6.10 Å². The van der Waals surface area contributed by atoms with Gasteiger partial charge in [-0.15, -0.1) is 0 Å². The second-order valence-electron chi connectivity index (χ2n) is 4.89. The Morgan fingerprint density at radius 2 is 1.81 bits per heavy atom. The summed E-state index contributed by atoms with van der Waals surface area (Å²) in [7, 11) is 0. The first kappa shape index (κ1) is 13.9. The van der Waals surface area contributed by atoms with E-state index in [0.29, 0.717) is 6.04 Å². The van der Waals surface area contributed by atoms with E-state index in [2.05, 4.69) is 24.1 Å². The maximum absolute atomic E-state index is 9.41. The normalized spacial score (nSPS) is 26.2. The van der Waals surface area contributed by atoms with Crippen LogP contribution in [-0.2, 0) is 0 Å². The molecule has 0 amide bonds. The number of likely N-dealkylation sites (N-methyl/N-ethyl adjacent to an activating group) is 1. The summed E-state index contributed by atoms with van der Waals surface area (Å²) in [5.74, 6) is 0. The van der Waals surface area contributed by atoms with Crippen LogP contribution in [0.15, 0.2) is 0 Å². The van der Waals surface area contributed by atoms with Gasteiger partial charge in [0.1, 0.15) is 0 Å². The Bertz CT molecular complexity index is 167. The lowest BCUT2D eigenvalue weighted by atomic mass is 9.93. The van der Waals surface area contributed by atoms with Gasteiger partial charge in [0.25, 0.3) is 0 Å². The minimum Gasteiger partial charge on any atom is -0.393 e. The third-order valence-corrected chi connectivity index (χ3v) is 3.54. The Morgan fingerprint density at radius 3 is 2.38 bits per heavy atom. The van der Waals surface area contributed by atoms with Crippen LogP contribution in [0.4, 0.5) is 0 Å². The second kappa shape index (κ2) is 8.04. The van der Waals surface area contributed by atoms with Crippen molar-refractivity contribution in [1.82, 2.24) is 10.2 Å². The first-order chi connectivity index (χ1) is 7.76. The number of nitrogens with zero attached hydrogens (tertiary/aromatic N) is 1. The van der Waals surface area contributed by atoms with Crippen molar-refractivity contribution in [3.8, 4) is 0 Å². The van der Waals surface area contributed by atoms with Crippen LogP contribution in [0.2, 0.25) is 0 Å². The predicted molar refractivity (Wildman–Crippen MR) is 68.7 cm³/mol. The second-order valence-corrected chi connectivity index (χ2v) is 4.89. The van der Waals surface area contributed by atoms with Crippen LogP contribution in [0.25, 0.3) is 0 Å². The topological polar surface area (TPSA) is 35.5 Å². The first-order valence-electron chi connectivity index (χ1n) is 6.90. The van der Waals surface area contributed by atoms with Gasteiger partial charge >= 0.3 is 0 Å². The molecule has 16 heavy (non-hydrogen) atoms. The fraction of sp³-hybridized carbons (Fsp3) is 1.00. The summed E-state index contributed by atoms with van der Waals surface area (Å²) in [5.41, 5.74) is 0. The van der Waals surface area contributed by atoms with Gasteiger partial charge in [-0.3, -0.25) is 0 Å². The fourth-order valence-electron chi connectivity index (χ4n) is 2.45. The summed E-state index contributed by atoms with van der Waals surface area (Å²) in [4.78, 5) is 2.49. The monoisotopic (exact) mass is 228 g/mol. The molecule has 1 aliphatic carbocycles. The van der Waals surface area contributed by atoms with Crippen molar-refractivity contribution < 1.29 is 5.11 Å². The zero-order valence-corrected chi connectivity index (χ0v) is 10.9. The average Bonchev–Trinajstić information content (AvgIpc) is 2.30. The van der Waals surface area contributed by atoms with Crippen molar-refractivity contribution >= 4 is 0 Å². The largest absolute Gasteiger partial charge is 0.393 e. The molecule has 1 fully saturated rings. The molecule has 3 heteroatoms. The van der Waals surface area contributed by atoms with Crippen molar-refractivity contribution in [2.24, 2.45) is 0 Å². The summed E-state index contributed by atoms with van der Waals surface area (Å²) >= 11 is 0. The highest BCUT2D eigenvalue weighted by Crippen LogP contribution is 2.17. The van der Waals surface area contributed by atoms with Gasteiger partial charge < -0.3 is 15.3 Å². The van der Waals surface area contributed by atoms with E-state index < -0.39 is 0 Å². The first-order valence-corrected chi connectivity index (χ1v) is 6.90. The SMILES string of the molecule is CCCN(CC)CCNC1CCC(O)CC1. The highest BCUT2D eigenvalue weighted by molar-refractivity contribution is 4.76. The van der Waals surface area contributed by atoms with Crippen LogP contribution in [-0.4, -0.2) is 48.3 Å². The third-order valence-electron chi connectivity index (χ3n) is 3.54. The molecule has 0 atom stereocenters. The van der Waals surface area contributed by atoms with Gasteiger partial charge in [-0.1, -0.05) is 13.8 Å². The van der Waals surface area contributed by atoms with Gasteiger partial charge in [-0.25, -0.2) is 0 Å². The number of hydrogen-bond donors (Lipinski definition) is 2. The molecule has 0 aromatic rings. The van der Waals surface area contributed by atoms with E-state index in [0.717, 1.165) is 45.3 Å². The molecule has 0 radical (unpaired) electrons. The Morgan fingerprint density at radius 1 is 1.12 bits per heavy atom. The Balaban J connectivity index is 2.05. The van der Waals surface area contributed by atoms with E-state index in [1.165, 1.54) is 13.0 Å². The van der Waals surface area contributed by atoms with Crippen molar-refractivity contribution in [3.05, 3.63) is 0 Å². The molecule has 1 aliphatic rings. The van der Waals surface area contributed by atoms with Gasteiger partial charge in [0.15, 0.2) is 0 Å². The van der Waals surface area contributed by atoms with Crippen molar-refractivity contribution in [2.75, 3.05) is 26.2 Å². The summed E-state index contributed by atoms with van der Waals surface area (Å²) in [6.07, 6.45) is 5.44. The molecule has 0 aromatic carbocycles. The van der Waals surface area contributed by atoms with E-state index in [9.17, 15) is 5.11 Å². The molecule has 0 bridgehead atoms. The highest BCUT2D eigenvalue weighted by atomic mass is 16.3. The molecular formula is C13H28N2O. The molecule has 1 rings (SSSR count). The lowest BCUT2D eigenvalue weighted by molar-refractivity contribution is 0.116. The van der Waals surface area contributed by atoms with Crippen LogP contribution < -0.4 is 5.32 Å². The molecule has 0 spiro atoms. The van der Waals surface area contributed by atoms with Crippen molar-refractivity contribution in [3.63, 3.8) is 0 Å². The zero-order valence-electron chi connectivity index (χ0n) is 10.9. The minimum atomic E-state index is -0.0368. The minimum absolute atomic E-state index is 0.0368. The summed E-state index contributed by atoms with van der Waals surface area (Å²) in [6.45, 7) is 9.07. The standard InChI is InChI=1S/C13H28N2O/c1-3-10-15(4-2)11-9-14-12-5-7-13(16)8-6-12/h12-14,16H,3-11H2,1-2H3.